The lowest BCUT2D eigenvalue weighted by Crippen LogP contribution is -2.12. The summed E-state index contributed by atoms with van der Waals surface area (Å²) < 4.78 is 6.02. The van der Waals surface area contributed by atoms with E-state index in [-0.39, 0.29) is 5.91 Å². The highest BCUT2D eigenvalue weighted by Gasteiger charge is 2.06. The predicted octanol–water partition coefficient (Wildman–Crippen LogP) is 3.47. The van der Waals surface area contributed by atoms with Crippen LogP contribution in [-0.2, 0) is 4.79 Å². The Labute approximate surface area is 131 Å². The molecule has 0 atom stereocenters. The van der Waals surface area contributed by atoms with Crippen LogP contribution in [-0.4, -0.2) is 17.5 Å². The number of amides is 1. The number of benzene rings is 1. The second kappa shape index (κ2) is 7.62. The molecule has 1 N–H and O–H groups in total. The quantitative estimate of drug-likeness (QED) is 0.827. The lowest BCUT2D eigenvalue weighted by Gasteiger charge is -2.06. The molecule has 21 heavy (non-hydrogen) atoms. The molecule has 2 aromatic rings. The Balaban J connectivity index is 1.69. The zero-order chi connectivity index (χ0) is 15.1. The van der Waals surface area contributed by atoms with E-state index in [0.29, 0.717) is 40.2 Å². The van der Waals surface area contributed by atoms with E-state index in [1.54, 1.807) is 24.3 Å². The van der Waals surface area contributed by atoms with E-state index >= 15 is 0 Å². The van der Waals surface area contributed by atoms with Gasteiger partial charge in [-0.15, -0.1) is 0 Å². The molecule has 1 aromatic carbocycles. The molecular formula is C14H12ClN3O2S. The van der Waals surface area contributed by atoms with Crippen LogP contribution in [0.3, 0.4) is 0 Å². The summed E-state index contributed by atoms with van der Waals surface area (Å²) in [5.74, 6) is 0.497. The van der Waals surface area contributed by atoms with Crippen molar-refractivity contribution in [2.75, 3.05) is 11.9 Å². The highest BCUT2D eigenvalue weighted by molar-refractivity contribution is 7.19. The molecule has 0 spiro atoms. The number of halogens is 1. The number of aromatic nitrogens is 1. The Kier molecular flexibility index (Phi) is 5.55. The van der Waals surface area contributed by atoms with Crippen LogP contribution in [0, 0.1) is 11.3 Å². The van der Waals surface area contributed by atoms with Gasteiger partial charge in [-0.25, -0.2) is 4.98 Å². The Morgan fingerprint density at radius 1 is 1.52 bits per heavy atom. The summed E-state index contributed by atoms with van der Waals surface area (Å²) >= 11 is 6.94. The number of nitrogens with one attached hydrogen (secondary N) is 1. The van der Waals surface area contributed by atoms with E-state index in [1.165, 1.54) is 17.5 Å². The van der Waals surface area contributed by atoms with Crippen LogP contribution in [0.4, 0.5) is 5.13 Å². The minimum Gasteiger partial charge on any atom is -0.494 e. The third-order valence-corrected chi connectivity index (χ3v) is 3.53. The van der Waals surface area contributed by atoms with E-state index in [2.05, 4.69) is 10.3 Å². The summed E-state index contributed by atoms with van der Waals surface area (Å²) in [6.07, 6.45) is 2.39. The number of hydrogen-bond donors (Lipinski definition) is 1. The monoisotopic (exact) mass is 321 g/mol. The SMILES string of the molecule is N#Cc1cccc(OCCCC(=O)Nc2ncc(Cl)s2)c1. The fourth-order valence-corrected chi connectivity index (χ4v) is 2.40. The van der Waals surface area contributed by atoms with Crippen LogP contribution < -0.4 is 10.1 Å². The summed E-state index contributed by atoms with van der Waals surface area (Å²) in [5, 5.41) is 11.9. The molecule has 0 aliphatic heterocycles. The Morgan fingerprint density at radius 2 is 2.38 bits per heavy atom. The van der Waals surface area contributed by atoms with Crippen molar-refractivity contribution in [3.63, 3.8) is 0 Å². The van der Waals surface area contributed by atoms with Gasteiger partial charge in [0.15, 0.2) is 5.13 Å². The first-order chi connectivity index (χ1) is 10.2. The topological polar surface area (TPSA) is 75.0 Å². The zero-order valence-electron chi connectivity index (χ0n) is 11.0. The number of hydrogen-bond acceptors (Lipinski definition) is 5. The van der Waals surface area contributed by atoms with Crippen LogP contribution in [0.15, 0.2) is 30.5 Å². The maximum atomic E-state index is 11.6. The molecule has 0 saturated carbocycles. The summed E-state index contributed by atoms with van der Waals surface area (Å²) in [6, 6.07) is 8.95. The number of carbonyl (C=O) groups excluding carboxylic acids is 1. The highest BCUT2D eigenvalue weighted by Crippen LogP contribution is 2.22. The molecule has 0 radical (unpaired) electrons. The molecule has 0 bridgehead atoms. The van der Waals surface area contributed by atoms with E-state index in [4.69, 9.17) is 21.6 Å². The van der Waals surface area contributed by atoms with Gasteiger partial charge >= 0.3 is 0 Å². The third-order valence-electron chi connectivity index (χ3n) is 2.50. The second-order valence-corrected chi connectivity index (χ2v) is 5.77. The first kappa shape index (κ1) is 15.3. The van der Waals surface area contributed by atoms with Gasteiger partial charge in [0.1, 0.15) is 10.1 Å². The molecule has 1 heterocycles. The molecule has 0 aliphatic rings. The predicted molar refractivity (Wildman–Crippen MR) is 81.6 cm³/mol. The normalized spacial score (nSPS) is 9.90. The van der Waals surface area contributed by atoms with Crippen molar-refractivity contribution in [3.05, 3.63) is 40.4 Å². The van der Waals surface area contributed by atoms with Crippen molar-refractivity contribution in [2.45, 2.75) is 12.8 Å². The van der Waals surface area contributed by atoms with Crippen molar-refractivity contribution < 1.29 is 9.53 Å². The minimum atomic E-state index is -0.129. The van der Waals surface area contributed by atoms with Crippen LogP contribution in [0.25, 0.3) is 0 Å². The summed E-state index contributed by atoms with van der Waals surface area (Å²) in [5.41, 5.74) is 0.547. The highest BCUT2D eigenvalue weighted by atomic mass is 35.5. The zero-order valence-corrected chi connectivity index (χ0v) is 12.6. The van der Waals surface area contributed by atoms with Crippen molar-refractivity contribution >= 4 is 34.0 Å². The fraction of sp³-hybridized carbons (Fsp3) is 0.214. The fourth-order valence-electron chi connectivity index (χ4n) is 1.57. The van der Waals surface area contributed by atoms with E-state index in [9.17, 15) is 4.79 Å². The number of nitrogens with zero attached hydrogens (tertiary/aromatic N) is 2. The van der Waals surface area contributed by atoms with Gasteiger partial charge in [-0.05, 0) is 24.6 Å². The standard InChI is InChI=1S/C14H12ClN3O2S/c15-12-9-17-14(21-12)18-13(19)5-2-6-20-11-4-1-3-10(7-11)8-16/h1,3-4,7,9H,2,5-6H2,(H,17,18,19). The maximum Gasteiger partial charge on any atom is 0.226 e. The van der Waals surface area contributed by atoms with Crippen molar-refractivity contribution in [2.24, 2.45) is 0 Å². The van der Waals surface area contributed by atoms with Gasteiger partial charge in [0.05, 0.1) is 24.4 Å². The van der Waals surface area contributed by atoms with Crippen LogP contribution in [0.1, 0.15) is 18.4 Å². The van der Waals surface area contributed by atoms with Gasteiger partial charge in [0.2, 0.25) is 5.91 Å². The van der Waals surface area contributed by atoms with Gasteiger partial charge < -0.3 is 10.1 Å². The molecule has 2 rings (SSSR count). The second-order valence-electron chi connectivity index (χ2n) is 4.11. The van der Waals surface area contributed by atoms with Gasteiger partial charge in [-0.2, -0.15) is 5.26 Å². The van der Waals surface area contributed by atoms with Crippen molar-refractivity contribution in [1.82, 2.24) is 4.98 Å². The lowest BCUT2D eigenvalue weighted by molar-refractivity contribution is -0.116. The van der Waals surface area contributed by atoms with Gasteiger partial charge in [-0.3, -0.25) is 4.79 Å². The molecule has 7 heteroatoms. The number of rotatable bonds is 6. The molecule has 0 unspecified atom stereocenters. The molecule has 1 aromatic heterocycles. The first-order valence-electron chi connectivity index (χ1n) is 6.21. The Morgan fingerprint density at radius 3 is 3.10 bits per heavy atom. The number of thiazole rings is 1. The smallest absolute Gasteiger partial charge is 0.226 e. The molecule has 0 fully saturated rings. The van der Waals surface area contributed by atoms with Crippen LogP contribution >= 0.6 is 22.9 Å². The Bertz CT molecular complexity index is 666. The number of anilines is 1. The summed E-state index contributed by atoms with van der Waals surface area (Å²) in [7, 11) is 0. The molecule has 5 nitrogen and oxygen atoms in total. The number of ether oxygens (including phenoxy) is 1. The van der Waals surface area contributed by atoms with Gasteiger partial charge in [0, 0.05) is 6.42 Å². The lowest BCUT2D eigenvalue weighted by atomic mass is 10.2. The Hall–Kier alpha value is -2.10. The van der Waals surface area contributed by atoms with Crippen molar-refractivity contribution in [1.29, 1.82) is 5.26 Å². The molecule has 0 aliphatic carbocycles. The molecule has 1 amide bonds. The summed E-state index contributed by atoms with van der Waals surface area (Å²) in [4.78, 5) is 15.6. The van der Waals surface area contributed by atoms with Gasteiger partial charge in [-0.1, -0.05) is 29.0 Å². The maximum absolute atomic E-state index is 11.6. The first-order valence-corrected chi connectivity index (χ1v) is 7.41. The molecule has 0 saturated heterocycles. The van der Waals surface area contributed by atoms with E-state index < -0.39 is 0 Å². The summed E-state index contributed by atoms with van der Waals surface area (Å²) in [6.45, 7) is 0.404. The number of nitriles is 1. The van der Waals surface area contributed by atoms with Gasteiger partial charge in [0.25, 0.3) is 0 Å². The van der Waals surface area contributed by atoms with Crippen molar-refractivity contribution in [3.8, 4) is 11.8 Å². The number of carbonyl (C=O) groups is 1. The van der Waals surface area contributed by atoms with E-state index in [0.717, 1.165) is 0 Å². The average Bonchev–Trinajstić information content (AvgIpc) is 2.89. The molecule has 108 valence electrons. The van der Waals surface area contributed by atoms with Crippen LogP contribution in [0.5, 0.6) is 5.75 Å². The third kappa shape index (κ3) is 5.06. The van der Waals surface area contributed by atoms with E-state index in [1.807, 2.05) is 6.07 Å². The minimum absolute atomic E-state index is 0.129. The molecular weight excluding hydrogens is 310 g/mol. The average molecular weight is 322 g/mol. The van der Waals surface area contributed by atoms with Crippen LogP contribution in [0.2, 0.25) is 4.34 Å². The largest absolute Gasteiger partial charge is 0.494 e.